The van der Waals surface area contributed by atoms with E-state index in [0.29, 0.717) is 12.5 Å². The quantitative estimate of drug-likeness (QED) is 0.671. The minimum Gasteiger partial charge on any atom is -0.392 e. The Morgan fingerprint density at radius 2 is 2.14 bits per heavy atom. The first-order valence-electron chi connectivity index (χ1n) is 4.48. The first kappa shape index (κ1) is 11.9. The van der Waals surface area contributed by atoms with Crippen LogP contribution in [-0.2, 0) is 10.0 Å². The standard InChI is InChI=1S/C8H16N2O2S2/c1-8(2)3-6(8)4-10-14(11,12)5-7(9)13/h6,10H,3-5H2,1-2H3,(H2,9,13). The van der Waals surface area contributed by atoms with Crippen molar-refractivity contribution in [3.05, 3.63) is 0 Å². The third-order valence-electron chi connectivity index (χ3n) is 2.60. The minimum absolute atomic E-state index is 0.00700. The summed E-state index contributed by atoms with van der Waals surface area (Å²) in [6, 6.07) is 0. The zero-order valence-electron chi connectivity index (χ0n) is 8.41. The summed E-state index contributed by atoms with van der Waals surface area (Å²) in [5.74, 6) is 0.193. The van der Waals surface area contributed by atoms with E-state index in [2.05, 4.69) is 30.8 Å². The van der Waals surface area contributed by atoms with Gasteiger partial charge in [-0.1, -0.05) is 26.1 Å². The van der Waals surface area contributed by atoms with E-state index in [9.17, 15) is 8.42 Å². The lowest BCUT2D eigenvalue weighted by Crippen LogP contribution is -2.34. The largest absolute Gasteiger partial charge is 0.392 e. The summed E-state index contributed by atoms with van der Waals surface area (Å²) in [4.78, 5) is 0.00700. The van der Waals surface area contributed by atoms with Gasteiger partial charge in [-0.2, -0.15) is 0 Å². The van der Waals surface area contributed by atoms with Gasteiger partial charge in [0.05, 0.1) is 4.99 Å². The molecule has 0 aromatic rings. The molecule has 0 amide bonds. The molecule has 0 saturated heterocycles. The van der Waals surface area contributed by atoms with Gasteiger partial charge in [0.2, 0.25) is 10.0 Å². The van der Waals surface area contributed by atoms with E-state index in [1.807, 2.05) is 0 Å². The Kier molecular flexibility index (Phi) is 3.18. The van der Waals surface area contributed by atoms with Crippen LogP contribution in [0.4, 0.5) is 0 Å². The molecule has 0 spiro atoms. The molecule has 1 saturated carbocycles. The second-order valence-electron chi connectivity index (χ2n) is 4.46. The van der Waals surface area contributed by atoms with Gasteiger partial charge in [-0.05, 0) is 17.8 Å². The van der Waals surface area contributed by atoms with Crippen molar-refractivity contribution in [2.75, 3.05) is 12.3 Å². The number of sulfonamides is 1. The molecular formula is C8H16N2O2S2. The van der Waals surface area contributed by atoms with Crippen molar-refractivity contribution in [2.24, 2.45) is 17.1 Å². The van der Waals surface area contributed by atoms with Crippen LogP contribution in [0.15, 0.2) is 0 Å². The van der Waals surface area contributed by atoms with E-state index >= 15 is 0 Å². The lowest BCUT2D eigenvalue weighted by atomic mass is 10.1. The maximum Gasteiger partial charge on any atom is 0.218 e. The molecule has 4 nitrogen and oxygen atoms in total. The second-order valence-corrected chi connectivity index (χ2v) is 6.79. The molecule has 0 heterocycles. The monoisotopic (exact) mass is 236 g/mol. The molecule has 14 heavy (non-hydrogen) atoms. The Bertz CT molecular complexity index is 335. The van der Waals surface area contributed by atoms with Gasteiger partial charge in [0.1, 0.15) is 5.75 Å². The molecule has 1 rings (SSSR count). The van der Waals surface area contributed by atoms with E-state index in [1.165, 1.54) is 0 Å². The summed E-state index contributed by atoms with van der Waals surface area (Å²) in [5, 5.41) is 0. The lowest BCUT2D eigenvalue weighted by Gasteiger charge is -2.06. The molecule has 1 aliphatic carbocycles. The molecule has 1 atom stereocenters. The predicted octanol–water partition coefficient (Wildman–Crippen LogP) is 0.238. The lowest BCUT2D eigenvalue weighted by molar-refractivity contribution is 0.539. The third-order valence-corrected chi connectivity index (χ3v) is 4.22. The Morgan fingerprint density at radius 3 is 2.50 bits per heavy atom. The van der Waals surface area contributed by atoms with Crippen molar-refractivity contribution >= 4 is 27.2 Å². The Balaban J connectivity index is 2.35. The highest BCUT2D eigenvalue weighted by Gasteiger charge is 2.45. The normalized spacial score (nSPS) is 24.6. The van der Waals surface area contributed by atoms with Crippen molar-refractivity contribution < 1.29 is 8.42 Å². The zero-order chi connectivity index (χ0) is 11.0. The fourth-order valence-corrected chi connectivity index (χ4v) is 2.79. The number of thiocarbonyl (C=S) groups is 1. The van der Waals surface area contributed by atoms with E-state index in [1.54, 1.807) is 0 Å². The molecule has 0 aliphatic heterocycles. The smallest absolute Gasteiger partial charge is 0.218 e. The van der Waals surface area contributed by atoms with Crippen molar-refractivity contribution in [1.29, 1.82) is 0 Å². The van der Waals surface area contributed by atoms with Crippen LogP contribution in [0.5, 0.6) is 0 Å². The molecular weight excluding hydrogens is 220 g/mol. The predicted molar refractivity (Wildman–Crippen MR) is 60.5 cm³/mol. The second kappa shape index (κ2) is 3.75. The van der Waals surface area contributed by atoms with Crippen LogP contribution in [0, 0.1) is 11.3 Å². The summed E-state index contributed by atoms with van der Waals surface area (Å²) in [7, 11) is -3.30. The maximum absolute atomic E-state index is 11.3. The Morgan fingerprint density at radius 1 is 1.64 bits per heavy atom. The van der Waals surface area contributed by atoms with E-state index in [-0.39, 0.29) is 16.2 Å². The van der Waals surface area contributed by atoms with Gasteiger partial charge in [-0.3, -0.25) is 0 Å². The van der Waals surface area contributed by atoms with Crippen molar-refractivity contribution in [3.8, 4) is 0 Å². The van der Waals surface area contributed by atoms with Crippen LogP contribution in [0.2, 0.25) is 0 Å². The van der Waals surface area contributed by atoms with Gasteiger partial charge >= 0.3 is 0 Å². The minimum atomic E-state index is -3.30. The topological polar surface area (TPSA) is 72.2 Å². The highest BCUT2D eigenvalue weighted by atomic mass is 32.2. The molecule has 0 bridgehead atoms. The SMILES string of the molecule is CC1(C)CC1CNS(=O)(=O)CC(N)=S. The highest BCUT2D eigenvalue weighted by molar-refractivity contribution is 7.92. The Hall–Kier alpha value is -0.200. The average molecular weight is 236 g/mol. The van der Waals surface area contributed by atoms with Crippen LogP contribution in [-0.4, -0.2) is 25.7 Å². The molecule has 3 N–H and O–H groups in total. The van der Waals surface area contributed by atoms with Gasteiger partial charge in [0, 0.05) is 6.54 Å². The molecule has 6 heteroatoms. The summed E-state index contributed by atoms with van der Waals surface area (Å²) < 4.78 is 25.1. The fourth-order valence-electron chi connectivity index (χ4n) is 1.39. The number of nitrogens with two attached hydrogens (primary N) is 1. The van der Waals surface area contributed by atoms with Crippen LogP contribution in [0.25, 0.3) is 0 Å². The van der Waals surface area contributed by atoms with E-state index in [4.69, 9.17) is 5.73 Å². The number of hydrogen-bond acceptors (Lipinski definition) is 3. The van der Waals surface area contributed by atoms with Gasteiger partial charge < -0.3 is 5.73 Å². The third kappa shape index (κ3) is 3.51. The van der Waals surface area contributed by atoms with Gasteiger partial charge in [0.15, 0.2) is 0 Å². The number of rotatable bonds is 5. The van der Waals surface area contributed by atoms with Gasteiger partial charge in [-0.25, -0.2) is 13.1 Å². The average Bonchev–Trinajstić information content (AvgIpc) is 2.52. The molecule has 0 radical (unpaired) electrons. The van der Waals surface area contributed by atoms with Gasteiger partial charge in [0.25, 0.3) is 0 Å². The molecule has 1 fully saturated rings. The maximum atomic E-state index is 11.3. The summed E-state index contributed by atoms with van der Waals surface area (Å²) in [6.45, 7) is 4.75. The van der Waals surface area contributed by atoms with E-state index < -0.39 is 10.0 Å². The molecule has 0 aromatic heterocycles. The van der Waals surface area contributed by atoms with Crippen LogP contribution in [0.3, 0.4) is 0 Å². The molecule has 1 aliphatic rings. The molecule has 82 valence electrons. The summed E-state index contributed by atoms with van der Waals surface area (Å²) in [5.41, 5.74) is 5.45. The van der Waals surface area contributed by atoms with Gasteiger partial charge in [-0.15, -0.1) is 0 Å². The van der Waals surface area contributed by atoms with Crippen LogP contribution < -0.4 is 10.5 Å². The summed E-state index contributed by atoms with van der Waals surface area (Å²) >= 11 is 4.54. The first-order chi connectivity index (χ1) is 6.23. The van der Waals surface area contributed by atoms with Crippen LogP contribution >= 0.6 is 12.2 Å². The number of hydrogen-bond donors (Lipinski definition) is 2. The fraction of sp³-hybridized carbons (Fsp3) is 0.875. The first-order valence-corrected chi connectivity index (χ1v) is 6.55. The van der Waals surface area contributed by atoms with E-state index in [0.717, 1.165) is 6.42 Å². The van der Waals surface area contributed by atoms with Crippen molar-refractivity contribution in [1.82, 2.24) is 4.72 Å². The van der Waals surface area contributed by atoms with Crippen molar-refractivity contribution in [2.45, 2.75) is 20.3 Å². The van der Waals surface area contributed by atoms with Crippen molar-refractivity contribution in [3.63, 3.8) is 0 Å². The zero-order valence-corrected chi connectivity index (χ0v) is 10.0. The summed E-state index contributed by atoms with van der Waals surface area (Å²) in [6.07, 6.45) is 1.07. The molecule has 0 aromatic carbocycles. The van der Waals surface area contributed by atoms with Crippen LogP contribution in [0.1, 0.15) is 20.3 Å². The Labute approximate surface area is 90.3 Å². The molecule has 1 unspecified atom stereocenters. The number of nitrogens with one attached hydrogen (secondary N) is 1. The highest BCUT2D eigenvalue weighted by Crippen LogP contribution is 2.51.